The normalized spacial score (nSPS) is 11.5. The van der Waals surface area contributed by atoms with E-state index < -0.39 is 0 Å². The molecule has 0 spiro atoms. The highest BCUT2D eigenvalue weighted by Gasteiger charge is 2.13. The molecule has 4 nitrogen and oxygen atoms in total. The fraction of sp³-hybridized carbons (Fsp3) is 0.0526. The fourth-order valence-electron chi connectivity index (χ4n) is 2.44. The minimum atomic E-state index is 0.196. The van der Waals surface area contributed by atoms with E-state index in [1.165, 1.54) is 0 Å². The van der Waals surface area contributed by atoms with Gasteiger partial charge in [-0.1, -0.05) is 64.4 Å². The zero-order valence-electron chi connectivity index (χ0n) is 13.9. The van der Waals surface area contributed by atoms with Crippen LogP contribution in [0.3, 0.4) is 0 Å². The number of thiazole rings is 1. The van der Waals surface area contributed by atoms with E-state index in [0.29, 0.717) is 15.6 Å². The molecule has 4 aromatic rings. The third kappa shape index (κ3) is 4.14. The molecule has 0 atom stereocenters. The molecule has 27 heavy (non-hydrogen) atoms. The van der Waals surface area contributed by atoms with Crippen molar-refractivity contribution >= 4 is 57.5 Å². The predicted octanol–water partition coefficient (Wildman–Crippen LogP) is 6.40. The molecule has 0 aliphatic rings. The van der Waals surface area contributed by atoms with E-state index in [2.05, 4.69) is 22.3 Å². The highest BCUT2D eigenvalue weighted by atomic mass is 35.5. The summed E-state index contributed by atoms with van der Waals surface area (Å²) in [7, 11) is 0. The largest absolute Gasteiger partial charge is 0.391 e. The highest BCUT2D eigenvalue weighted by molar-refractivity contribution is 7.99. The van der Waals surface area contributed by atoms with Crippen LogP contribution in [0.2, 0.25) is 10.0 Å². The molecule has 0 aliphatic heterocycles. The first-order valence-corrected chi connectivity index (χ1v) is 10.4. The molecule has 136 valence electrons. The molecule has 0 fully saturated rings. The van der Waals surface area contributed by atoms with E-state index in [9.17, 15) is 0 Å². The van der Waals surface area contributed by atoms with E-state index >= 15 is 0 Å². The van der Waals surface area contributed by atoms with Gasteiger partial charge in [-0.05, 0) is 24.3 Å². The summed E-state index contributed by atoms with van der Waals surface area (Å²) in [4.78, 5) is 12.1. The summed E-state index contributed by atoms with van der Waals surface area (Å²) >= 11 is 15.5. The van der Waals surface area contributed by atoms with Crippen LogP contribution in [-0.4, -0.2) is 15.6 Å². The molecule has 2 heterocycles. The van der Waals surface area contributed by atoms with Crippen molar-refractivity contribution in [3.8, 4) is 0 Å². The summed E-state index contributed by atoms with van der Waals surface area (Å²) < 4.78 is 1.99. The lowest BCUT2D eigenvalue weighted by Crippen LogP contribution is -1.94. The lowest BCUT2D eigenvalue weighted by Gasteiger charge is -2.05. The Morgan fingerprint density at radius 2 is 1.89 bits per heavy atom. The molecule has 0 aliphatic carbocycles. The molecular formula is C19H13Cl2N3OS2. The summed E-state index contributed by atoms with van der Waals surface area (Å²) in [6.45, 7) is 0.196. The first-order valence-electron chi connectivity index (χ1n) is 7.99. The number of imidazole rings is 1. The Morgan fingerprint density at radius 1 is 1.11 bits per heavy atom. The predicted molar refractivity (Wildman–Crippen MR) is 112 cm³/mol. The number of rotatable bonds is 6. The van der Waals surface area contributed by atoms with Crippen LogP contribution in [0, 0.1) is 0 Å². The number of aromatic nitrogens is 2. The molecule has 0 radical (unpaired) electrons. The van der Waals surface area contributed by atoms with Gasteiger partial charge >= 0.3 is 0 Å². The molecule has 0 saturated carbocycles. The minimum absolute atomic E-state index is 0.196. The maximum Gasteiger partial charge on any atom is 0.195 e. The van der Waals surface area contributed by atoms with Crippen molar-refractivity contribution in [2.75, 3.05) is 0 Å². The van der Waals surface area contributed by atoms with Crippen molar-refractivity contribution in [2.24, 2.45) is 5.16 Å². The van der Waals surface area contributed by atoms with Gasteiger partial charge in [0.15, 0.2) is 4.96 Å². The van der Waals surface area contributed by atoms with Crippen LogP contribution in [0.15, 0.2) is 75.2 Å². The Kier molecular flexibility index (Phi) is 5.69. The van der Waals surface area contributed by atoms with Gasteiger partial charge in [0.1, 0.15) is 17.3 Å². The number of hydrogen-bond acceptors (Lipinski definition) is 5. The van der Waals surface area contributed by atoms with Crippen molar-refractivity contribution in [2.45, 2.75) is 16.5 Å². The van der Waals surface area contributed by atoms with Gasteiger partial charge in [-0.25, -0.2) is 4.98 Å². The van der Waals surface area contributed by atoms with Gasteiger partial charge in [-0.3, -0.25) is 4.40 Å². The third-order valence-corrected chi connectivity index (χ3v) is 6.21. The van der Waals surface area contributed by atoms with Crippen molar-refractivity contribution in [1.82, 2.24) is 9.38 Å². The smallest absolute Gasteiger partial charge is 0.195 e. The van der Waals surface area contributed by atoms with Gasteiger partial charge in [0.05, 0.1) is 6.21 Å². The molecule has 8 heteroatoms. The van der Waals surface area contributed by atoms with Gasteiger partial charge in [0.25, 0.3) is 0 Å². The van der Waals surface area contributed by atoms with Gasteiger partial charge in [0.2, 0.25) is 0 Å². The average molecular weight is 434 g/mol. The van der Waals surface area contributed by atoms with Crippen LogP contribution in [-0.2, 0) is 11.4 Å². The summed E-state index contributed by atoms with van der Waals surface area (Å²) in [5.74, 6) is 0. The van der Waals surface area contributed by atoms with Gasteiger partial charge < -0.3 is 4.84 Å². The maximum absolute atomic E-state index is 6.15. The maximum atomic E-state index is 6.15. The van der Waals surface area contributed by atoms with Gasteiger partial charge in [-0.2, -0.15) is 0 Å². The first kappa shape index (κ1) is 18.4. The Balaban J connectivity index is 1.55. The molecule has 2 aromatic heterocycles. The summed E-state index contributed by atoms with van der Waals surface area (Å²) in [5, 5.41) is 8.09. The summed E-state index contributed by atoms with van der Waals surface area (Å²) in [6, 6.07) is 15.4. The average Bonchev–Trinajstić information content (AvgIpc) is 3.23. The molecule has 4 rings (SSSR count). The molecule has 0 amide bonds. The Bertz CT molecular complexity index is 1070. The topological polar surface area (TPSA) is 38.9 Å². The van der Waals surface area contributed by atoms with E-state index in [0.717, 1.165) is 20.6 Å². The van der Waals surface area contributed by atoms with Crippen LogP contribution in [0.25, 0.3) is 4.96 Å². The number of nitrogens with zero attached hydrogens (tertiary/aromatic N) is 3. The van der Waals surface area contributed by atoms with E-state index in [1.807, 2.05) is 34.2 Å². The number of oxime groups is 1. The molecule has 0 unspecified atom stereocenters. The first-order chi connectivity index (χ1) is 13.2. The number of benzene rings is 2. The van der Waals surface area contributed by atoms with Crippen LogP contribution >= 0.6 is 46.3 Å². The molecule has 0 N–H and O–H groups in total. The van der Waals surface area contributed by atoms with Gasteiger partial charge in [-0.15, -0.1) is 11.3 Å². The van der Waals surface area contributed by atoms with E-state index in [4.69, 9.17) is 28.0 Å². The standard InChI is InChI=1S/C19H13Cl2N3OS2/c20-15-7-4-8-16(21)14(15)12-25-22-11-17-18(23-19-24(17)9-10-26-19)27-13-5-2-1-3-6-13/h1-11H,12H2. The van der Waals surface area contributed by atoms with Crippen LogP contribution in [0.4, 0.5) is 0 Å². The number of halogens is 2. The third-order valence-electron chi connectivity index (χ3n) is 3.74. The number of hydrogen-bond donors (Lipinski definition) is 0. The molecule has 0 saturated heterocycles. The minimum Gasteiger partial charge on any atom is -0.391 e. The molecular weight excluding hydrogens is 421 g/mol. The monoisotopic (exact) mass is 433 g/mol. The van der Waals surface area contributed by atoms with Crippen molar-refractivity contribution in [3.05, 3.63) is 81.4 Å². The lowest BCUT2D eigenvalue weighted by atomic mass is 10.2. The highest BCUT2D eigenvalue weighted by Crippen LogP contribution is 2.31. The second kappa shape index (κ2) is 8.35. The SMILES string of the molecule is Clc1cccc(Cl)c1CON=Cc1c(Sc2ccccc2)nc2sccn12. The lowest BCUT2D eigenvalue weighted by molar-refractivity contribution is 0.132. The van der Waals surface area contributed by atoms with Crippen molar-refractivity contribution in [1.29, 1.82) is 0 Å². The van der Waals surface area contributed by atoms with Gasteiger partial charge in [0, 0.05) is 32.1 Å². The number of fused-ring (bicyclic) bond motifs is 1. The quantitative estimate of drug-likeness (QED) is 0.260. The second-order valence-corrected chi connectivity index (χ2v) is 8.23. The second-order valence-electron chi connectivity index (χ2n) is 5.48. The van der Waals surface area contributed by atoms with Crippen LogP contribution in [0.5, 0.6) is 0 Å². The Labute approximate surface area is 174 Å². The summed E-state index contributed by atoms with van der Waals surface area (Å²) in [5.41, 5.74) is 1.58. The Morgan fingerprint density at radius 3 is 2.67 bits per heavy atom. The zero-order valence-corrected chi connectivity index (χ0v) is 17.0. The van der Waals surface area contributed by atoms with Crippen LogP contribution in [0.1, 0.15) is 11.3 Å². The Hall–Kier alpha value is -1.99. The van der Waals surface area contributed by atoms with Crippen molar-refractivity contribution < 1.29 is 4.84 Å². The van der Waals surface area contributed by atoms with Crippen molar-refractivity contribution in [3.63, 3.8) is 0 Å². The van der Waals surface area contributed by atoms with E-state index in [1.54, 1.807) is 47.5 Å². The fourth-order valence-corrected chi connectivity index (χ4v) is 4.62. The molecule has 2 aromatic carbocycles. The summed E-state index contributed by atoms with van der Waals surface area (Å²) in [6.07, 6.45) is 3.64. The molecule has 0 bridgehead atoms. The zero-order chi connectivity index (χ0) is 18.6. The van der Waals surface area contributed by atoms with Crippen LogP contribution < -0.4 is 0 Å². The van der Waals surface area contributed by atoms with E-state index in [-0.39, 0.29) is 6.61 Å².